The quantitative estimate of drug-likeness (QED) is 0.487. The Hall–Kier alpha value is -2.30. The molecular formula is C19H27N5. The van der Waals surface area contributed by atoms with Gasteiger partial charge in [0.1, 0.15) is 0 Å². The van der Waals surface area contributed by atoms with Crippen LogP contribution in [0.1, 0.15) is 34.9 Å². The fourth-order valence-electron chi connectivity index (χ4n) is 3.32. The van der Waals surface area contributed by atoms with Crippen molar-refractivity contribution in [2.45, 2.75) is 39.2 Å². The van der Waals surface area contributed by atoms with Gasteiger partial charge in [0.25, 0.3) is 0 Å². The van der Waals surface area contributed by atoms with E-state index in [0.717, 1.165) is 44.1 Å². The number of rotatable bonds is 6. The van der Waals surface area contributed by atoms with Gasteiger partial charge in [0.15, 0.2) is 5.96 Å². The molecule has 1 aromatic heterocycles. The minimum absolute atomic E-state index is 0.606. The van der Waals surface area contributed by atoms with Crippen molar-refractivity contribution in [1.29, 1.82) is 0 Å². The van der Waals surface area contributed by atoms with E-state index in [0.29, 0.717) is 5.92 Å². The maximum absolute atomic E-state index is 4.49. The van der Waals surface area contributed by atoms with Crippen molar-refractivity contribution in [3.8, 4) is 0 Å². The number of guanidine groups is 1. The predicted molar refractivity (Wildman–Crippen MR) is 98.6 cm³/mol. The zero-order chi connectivity index (χ0) is 16.9. The van der Waals surface area contributed by atoms with Gasteiger partial charge in [0.2, 0.25) is 0 Å². The van der Waals surface area contributed by atoms with Gasteiger partial charge in [0.05, 0.1) is 5.69 Å². The molecule has 0 fully saturated rings. The molecule has 0 saturated carbocycles. The number of fused-ring (bicyclic) bond motifs is 1. The first-order chi connectivity index (χ1) is 11.7. The summed E-state index contributed by atoms with van der Waals surface area (Å²) < 4.78 is 2.07. The number of nitrogens with one attached hydrogen (secondary N) is 2. The van der Waals surface area contributed by atoms with E-state index in [1.165, 1.54) is 16.8 Å². The summed E-state index contributed by atoms with van der Waals surface area (Å²) in [5.74, 6) is 1.49. The Bertz CT molecular complexity index is 716. The third-order valence-electron chi connectivity index (χ3n) is 4.64. The zero-order valence-corrected chi connectivity index (χ0v) is 14.8. The second-order valence-corrected chi connectivity index (χ2v) is 6.48. The minimum atomic E-state index is 0.606. The van der Waals surface area contributed by atoms with Crippen molar-refractivity contribution in [1.82, 2.24) is 20.4 Å². The summed E-state index contributed by atoms with van der Waals surface area (Å²) in [5.41, 5.74) is 5.26. The van der Waals surface area contributed by atoms with Crippen molar-refractivity contribution in [2.75, 3.05) is 20.1 Å². The van der Waals surface area contributed by atoms with E-state index in [1.54, 1.807) is 0 Å². The van der Waals surface area contributed by atoms with Crippen molar-refractivity contribution in [2.24, 2.45) is 4.99 Å². The zero-order valence-electron chi connectivity index (χ0n) is 14.8. The van der Waals surface area contributed by atoms with Crippen LogP contribution in [-0.4, -0.2) is 35.9 Å². The van der Waals surface area contributed by atoms with Gasteiger partial charge in [0, 0.05) is 38.3 Å². The molecule has 0 amide bonds. The number of aryl methyl sites for hydroxylation is 3. The van der Waals surface area contributed by atoms with Crippen molar-refractivity contribution in [3.63, 3.8) is 0 Å². The fourth-order valence-corrected chi connectivity index (χ4v) is 3.32. The summed E-state index contributed by atoms with van der Waals surface area (Å²) in [7, 11) is 1.82. The molecule has 0 saturated heterocycles. The van der Waals surface area contributed by atoms with E-state index >= 15 is 0 Å². The smallest absolute Gasteiger partial charge is 0.190 e. The maximum Gasteiger partial charge on any atom is 0.190 e. The third-order valence-corrected chi connectivity index (χ3v) is 4.64. The average Bonchev–Trinajstić information content (AvgIpc) is 2.88. The van der Waals surface area contributed by atoms with Crippen LogP contribution < -0.4 is 10.6 Å². The molecule has 1 unspecified atom stereocenters. The second kappa shape index (κ2) is 7.51. The number of aliphatic imine (C=N–C) groups is 1. The van der Waals surface area contributed by atoms with Gasteiger partial charge >= 0.3 is 0 Å². The molecule has 1 aromatic carbocycles. The summed E-state index contributed by atoms with van der Waals surface area (Å²) in [5, 5.41) is 11.3. The second-order valence-electron chi connectivity index (χ2n) is 6.48. The first-order valence-corrected chi connectivity index (χ1v) is 8.70. The molecule has 2 N–H and O–H groups in total. The Morgan fingerprint density at radius 3 is 2.83 bits per heavy atom. The summed E-state index contributed by atoms with van der Waals surface area (Å²) in [6, 6.07) is 10.8. The molecule has 0 spiro atoms. The molecule has 5 heteroatoms. The molecule has 3 rings (SSSR count). The lowest BCUT2D eigenvalue weighted by Crippen LogP contribution is -2.41. The highest BCUT2D eigenvalue weighted by Gasteiger charge is 2.25. The summed E-state index contributed by atoms with van der Waals surface area (Å²) >= 11 is 0. The van der Waals surface area contributed by atoms with Crippen LogP contribution in [0, 0.1) is 13.8 Å². The fraction of sp³-hybridized carbons (Fsp3) is 0.474. The number of hydrogen-bond donors (Lipinski definition) is 2. The van der Waals surface area contributed by atoms with Crippen molar-refractivity contribution < 1.29 is 0 Å². The lowest BCUT2D eigenvalue weighted by Gasteiger charge is -2.30. The molecule has 1 aliphatic carbocycles. The number of aromatic nitrogens is 2. The Balaban J connectivity index is 1.38. The molecule has 1 heterocycles. The first-order valence-electron chi connectivity index (χ1n) is 8.70. The van der Waals surface area contributed by atoms with Crippen LogP contribution in [0.5, 0.6) is 0 Å². The van der Waals surface area contributed by atoms with E-state index in [2.05, 4.69) is 62.7 Å². The molecule has 0 radical (unpaired) electrons. The molecule has 0 bridgehead atoms. The third kappa shape index (κ3) is 3.78. The van der Waals surface area contributed by atoms with Crippen LogP contribution in [0.3, 0.4) is 0 Å². The van der Waals surface area contributed by atoms with Crippen LogP contribution in [0.2, 0.25) is 0 Å². The Labute approximate surface area is 144 Å². The molecule has 24 heavy (non-hydrogen) atoms. The summed E-state index contributed by atoms with van der Waals surface area (Å²) in [6.45, 7) is 6.89. The largest absolute Gasteiger partial charge is 0.356 e. The summed E-state index contributed by atoms with van der Waals surface area (Å²) in [6.07, 6.45) is 2.19. The standard InChI is InChI=1S/C19H27N5/c1-14-11-15(2)24(23-14)10-6-9-21-19(20-3)22-13-17-12-16-7-4-5-8-18(16)17/h4-5,7-8,11,17H,6,9-10,12-13H2,1-3H3,(H2,20,21,22). The van der Waals surface area contributed by atoms with Crippen molar-refractivity contribution in [3.05, 3.63) is 52.8 Å². The van der Waals surface area contributed by atoms with Gasteiger partial charge in [-0.1, -0.05) is 24.3 Å². The van der Waals surface area contributed by atoms with E-state index < -0.39 is 0 Å². The molecule has 1 atom stereocenters. The first kappa shape index (κ1) is 16.6. The van der Waals surface area contributed by atoms with E-state index in [-0.39, 0.29) is 0 Å². The van der Waals surface area contributed by atoms with Gasteiger partial charge in [-0.05, 0) is 43.9 Å². The number of hydrogen-bond acceptors (Lipinski definition) is 2. The monoisotopic (exact) mass is 325 g/mol. The molecule has 5 nitrogen and oxygen atoms in total. The Kier molecular flexibility index (Phi) is 5.18. The molecule has 128 valence electrons. The molecule has 0 aliphatic heterocycles. The Morgan fingerprint density at radius 2 is 2.12 bits per heavy atom. The van der Waals surface area contributed by atoms with Gasteiger partial charge in [-0.2, -0.15) is 5.10 Å². The van der Waals surface area contributed by atoms with Crippen LogP contribution >= 0.6 is 0 Å². The number of nitrogens with zero attached hydrogens (tertiary/aromatic N) is 3. The van der Waals surface area contributed by atoms with Crippen LogP contribution in [0.15, 0.2) is 35.3 Å². The SMILES string of the molecule is CN=C(NCCCn1nc(C)cc1C)NCC1Cc2ccccc21. The van der Waals surface area contributed by atoms with Crippen LogP contribution in [0.25, 0.3) is 0 Å². The average molecular weight is 325 g/mol. The molecule has 2 aromatic rings. The van der Waals surface area contributed by atoms with Crippen LogP contribution in [-0.2, 0) is 13.0 Å². The van der Waals surface area contributed by atoms with Gasteiger partial charge in [-0.3, -0.25) is 9.67 Å². The molecule has 1 aliphatic rings. The van der Waals surface area contributed by atoms with E-state index in [4.69, 9.17) is 0 Å². The van der Waals surface area contributed by atoms with Gasteiger partial charge in [-0.25, -0.2) is 0 Å². The lowest BCUT2D eigenvalue weighted by atomic mass is 9.78. The highest BCUT2D eigenvalue weighted by atomic mass is 15.3. The van der Waals surface area contributed by atoms with Gasteiger partial charge in [-0.15, -0.1) is 0 Å². The maximum atomic E-state index is 4.49. The van der Waals surface area contributed by atoms with E-state index in [9.17, 15) is 0 Å². The van der Waals surface area contributed by atoms with Crippen LogP contribution in [0.4, 0.5) is 0 Å². The topological polar surface area (TPSA) is 54.2 Å². The van der Waals surface area contributed by atoms with Crippen molar-refractivity contribution >= 4 is 5.96 Å². The minimum Gasteiger partial charge on any atom is -0.356 e. The lowest BCUT2D eigenvalue weighted by molar-refractivity contribution is 0.550. The summed E-state index contributed by atoms with van der Waals surface area (Å²) in [4.78, 5) is 4.31. The number of benzene rings is 1. The van der Waals surface area contributed by atoms with Gasteiger partial charge < -0.3 is 10.6 Å². The highest BCUT2D eigenvalue weighted by molar-refractivity contribution is 5.79. The predicted octanol–water partition coefficient (Wildman–Crippen LogP) is 2.39. The van der Waals surface area contributed by atoms with E-state index in [1.807, 2.05) is 14.0 Å². The molecular weight excluding hydrogens is 298 g/mol. The highest BCUT2D eigenvalue weighted by Crippen LogP contribution is 2.33. The normalized spacial score (nSPS) is 16.5. The Morgan fingerprint density at radius 1 is 1.29 bits per heavy atom.